The lowest BCUT2D eigenvalue weighted by Crippen LogP contribution is -2.30. The van der Waals surface area contributed by atoms with Crippen LogP contribution in [0.3, 0.4) is 0 Å². The normalized spacial score (nSPS) is 14.8. The molecule has 2 aromatic carbocycles. The van der Waals surface area contributed by atoms with Crippen LogP contribution >= 0.6 is 15.9 Å². The number of carboxylic acids is 1. The Bertz CT molecular complexity index is 990. The number of benzene rings is 2. The number of halogens is 1. The molecule has 2 N–H and O–H groups in total. The first-order valence-electron chi connectivity index (χ1n) is 8.49. The number of nitrogens with zero attached hydrogens (tertiary/aromatic N) is 1. The highest BCUT2D eigenvalue weighted by atomic mass is 79.9. The molecule has 3 rings (SSSR count). The number of aliphatic carboxylic acids is 1. The molecule has 0 saturated carbocycles. The van der Waals surface area contributed by atoms with Gasteiger partial charge in [-0.05, 0) is 29.3 Å². The zero-order valence-corrected chi connectivity index (χ0v) is 16.9. The molecule has 0 aliphatic carbocycles. The van der Waals surface area contributed by atoms with Gasteiger partial charge in [0.1, 0.15) is 5.70 Å². The SMILES string of the molecule is COc1cc(/C=C2/NC(=O)N(Cc3ccccc3)C2=O)c(Br)cc1OCC(=O)O. The van der Waals surface area contributed by atoms with E-state index in [0.717, 1.165) is 10.5 Å². The number of amides is 3. The Hall–Kier alpha value is -3.33. The fourth-order valence-corrected chi connectivity index (χ4v) is 3.15. The van der Waals surface area contributed by atoms with Gasteiger partial charge in [-0.2, -0.15) is 0 Å². The predicted molar refractivity (Wildman–Crippen MR) is 107 cm³/mol. The van der Waals surface area contributed by atoms with Crippen LogP contribution in [-0.4, -0.2) is 41.6 Å². The van der Waals surface area contributed by atoms with Gasteiger partial charge in [-0.25, -0.2) is 9.59 Å². The predicted octanol–water partition coefficient (Wildman–Crippen LogP) is 3.01. The molecule has 0 spiro atoms. The summed E-state index contributed by atoms with van der Waals surface area (Å²) in [5.74, 6) is -1.04. The summed E-state index contributed by atoms with van der Waals surface area (Å²) in [4.78, 5) is 36.7. The molecular formula is C20H17BrN2O6. The standard InChI is InChI=1S/C20H17BrN2O6/c1-28-16-8-13(14(21)9-17(16)29-11-18(24)25)7-15-19(26)23(20(27)22-15)10-12-5-3-2-4-6-12/h2-9H,10-11H2,1H3,(H,22,27)(H,24,25)/b15-7+. The molecule has 150 valence electrons. The summed E-state index contributed by atoms with van der Waals surface area (Å²) in [5.41, 5.74) is 1.50. The third-order valence-corrected chi connectivity index (χ3v) is 4.77. The quantitative estimate of drug-likeness (QED) is 0.485. The van der Waals surface area contributed by atoms with Crippen molar-refractivity contribution in [3.8, 4) is 11.5 Å². The Morgan fingerprint density at radius 2 is 1.93 bits per heavy atom. The molecular weight excluding hydrogens is 444 g/mol. The molecule has 0 radical (unpaired) electrons. The van der Waals surface area contributed by atoms with Gasteiger partial charge in [0.15, 0.2) is 18.1 Å². The molecule has 3 amide bonds. The second-order valence-corrected chi connectivity index (χ2v) is 6.93. The second-order valence-electron chi connectivity index (χ2n) is 6.07. The molecule has 0 atom stereocenters. The fraction of sp³-hybridized carbons (Fsp3) is 0.150. The molecule has 0 unspecified atom stereocenters. The highest BCUT2D eigenvalue weighted by Gasteiger charge is 2.33. The van der Waals surface area contributed by atoms with Crippen molar-refractivity contribution in [1.82, 2.24) is 10.2 Å². The van der Waals surface area contributed by atoms with E-state index < -0.39 is 24.5 Å². The van der Waals surface area contributed by atoms with Crippen molar-refractivity contribution < 1.29 is 29.0 Å². The Morgan fingerprint density at radius 1 is 1.21 bits per heavy atom. The van der Waals surface area contributed by atoms with E-state index in [9.17, 15) is 14.4 Å². The van der Waals surface area contributed by atoms with Crippen LogP contribution < -0.4 is 14.8 Å². The van der Waals surface area contributed by atoms with Crippen molar-refractivity contribution in [1.29, 1.82) is 0 Å². The van der Waals surface area contributed by atoms with Gasteiger partial charge in [0.2, 0.25) is 0 Å². The van der Waals surface area contributed by atoms with E-state index in [4.69, 9.17) is 14.6 Å². The van der Waals surface area contributed by atoms with E-state index in [-0.39, 0.29) is 18.0 Å². The Balaban J connectivity index is 1.85. The zero-order chi connectivity index (χ0) is 21.0. The maximum Gasteiger partial charge on any atom is 0.341 e. The largest absolute Gasteiger partial charge is 0.493 e. The van der Waals surface area contributed by atoms with Crippen LogP contribution in [0.2, 0.25) is 0 Å². The summed E-state index contributed by atoms with van der Waals surface area (Å²) in [6, 6.07) is 11.8. The van der Waals surface area contributed by atoms with Gasteiger partial charge in [0, 0.05) is 4.47 Å². The maximum atomic E-state index is 12.7. The molecule has 1 aliphatic heterocycles. The average Bonchev–Trinajstić information content (AvgIpc) is 2.96. The summed E-state index contributed by atoms with van der Waals surface area (Å²) in [6.07, 6.45) is 1.51. The highest BCUT2D eigenvalue weighted by Crippen LogP contribution is 2.35. The van der Waals surface area contributed by atoms with Crippen LogP contribution in [0.25, 0.3) is 6.08 Å². The van der Waals surface area contributed by atoms with E-state index in [1.54, 1.807) is 6.07 Å². The summed E-state index contributed by atoms with van der Waals surface area (Å²) < 4.78 is 11.0. The Kier molecular flexibility index (Phi) is 6.18. The number of hydrogen-bond acceptors (Lipinski definition) is 5. The van der Waals surface area contributed by atoms with E-state index in [1.807, 2.05) is 30.3 Å². The number of carbonyl (C=O) groups excluding carboxylic acids is 2. The fourth-order valence-electron chi connectivity index (χ4n) is 2.71. The molecule has 8 nitrogen and oxygen atoms in total. The van der Waals surface area contributed by atoms with E-state index in [0.29, 0.717) is 15.8 Å². The number of hydrogen-bond donors (Lipinski definition) is 2. The van der Waals surface area contributed by atoms with Gasteiger partial charge < -0.3 is 19.9 Å². The number of urea groups is 1. The van der Waals surface area contributed by atoms with Gasteiger partial charge in [-0.15, -0.1) is 0 Å². The molecule has 1 saturated heterocycles. The lowest BCUT2D eigenvalue weighted by molar-refractivity contribution is -0.139. The molecule has 0 aromatic heterocycles. The summed E-state index contributed by atoms with van der Waals surface area (Å²) >= 11 is 3.36. The minimum atomic E-state index is -1.12. The van der Waals surface area contributed by atoms with Crippen LogP contribution in [0.1, 0.15) is 11.1 Å². The number of carboxylic acid groups (broad SMARTS) is 1. The third kappa shape index (κ3) is 4.75. The van der Waals surface area contributed by atoms with Gasteiger partial charge in [0.05, 0.1) is 13.7 Å². The number of nitrogens with one attached hydrogen (secondary N) is 1. The van der Waals surface area contributed by atoms with Gasteiger partial charge >= 0.3 is 12.0 Å². The van der Waals surface area contributed by atoms with Crippen LogP contribution in [0.5, 0.6) is 11.5 Å². The average molecular weight is 461 g/mol. The highest BCUT2D eigenvalue weighted by molar-refractivity contribution is 9.10. The number of ether oxygens (including phenoxy) is 2. The summed E-state index contributed by atoms with van der Waals surface area (Å²) in [6.45, 7) is -0.360. The first-order valence-corrected chi connectivity index (χ1v) is 9.29. The number of rotatable bonds is 7. The minimum absolute atomic E-state index is 0.118. The molecule has 1 heterocycles. The van der Waals surface area contributed by atoms with Crippen molar-refractivity contribution in [2.24, 2.45) is 0 Å². The minimum Gasteiger partial charge on any atom is -0.493 e. The van der Waals surface area contributed by atoms with Gasteiger partial charge in [0.25, 0.3) is 5.91 Å². The van der Waals surface area contributed by atoms with E-state index >= 15 is 0 Å². The summed E-state index contributed by atoms with van der Waals surface area (Å²) in [5, 5.41) is 11.3. The van der Waals surface area contributed by atoms with Gasteiger partial charge in [-0.1, -0.05) is 46.3 Å². The lowest BCUT2D eigenvalue weighted by atomic mass is 10.1. The molecule has 1 fully saturated rings. The zero-order valence-electron chi connectivity index (χ0n) is 15.3. The number of methoxy groups -OCH3 is 1. The van der Waals surface area contributed by atoms with Crippen molar-refractivity contribution in [2.45, 2.75) is 6.54 Å². The second kappa shape index (κ2) is 8.78. The van der Waals surface area contributed by atoms with Crippen molar-refractivity contribution in [3.05, 3.63) is 63.8 Å². The van der Waals surface area contributed by atoms with Crippen LogP contribution in [0, 0.1) is 0 Å². The lowest BCUT2D eigenvalue weighted by Gasteiger charge is -2.12. The smallest absolute Gasteiger partial charge is 0.341 e. The van der Waals surface area contributed by atoms with Crippen molar-refractivity contribution >= 4 is 39.9 Å². The van der Waals surface area contributed by atoms with E-state index in [2.05, 4.69) is 21.2 Å². The molecule has 0 bridgehead atoms. The Morgan fingerprint density at radius 3 is 2.59 bits per heavy atom. The summed E-state index contributed by atoms with van der Waals surface area (Å²) in [7, 11) is 1.41. The first-order chi connectivity index (χ1) is 13.9. The number of imide groups is 1. The topological polar surface area (TPSA) is 105 Å². The molecule has 9 heteroatoms. The third-order valence-electron chi connectivity index (χ3n) is 4.08. The van der Waals surface area contributed by atoms with Crippen LogP contribution in [0.15, 0.2) is 52.6 Å². The molecule has 2 aromatic rings. The molecule has 29 heavy (non-hydrogen) atoms. The monoisotopic (exact) mass is 460 g/mol. The maximum absolute atomic E-state index is 12.7. The Labute approximate surface area is 174 Å². The van der Waals surface area contributed by atoms with Crippen molar-refractivity contribution in [2.75, 3.05) is 13.7 Å². The molecule has 1 aliphatic rings. The van der Waals surface area contributed by atoms with Crippen LogP contribution in [-0.2, 0) is 16.1 Å². The van der Waals surface area contributed by atoms with Crippen LogP contribution in [0.4, 0.5) is 4.79 Å². The van der Waals surface area contributed by atoms with Gasteiger partial charge in [-0.3, -0.25) is 9.69 Å². The van der Waals surface area contributed by atoms with Crippen molar-refractivity contribution in [3.63, 3.8) is 0 Å². The first kappa shape index (κ1) is 20.4. The van der Waals surface area contributed by atoms with E-state index in [1.165, 1.54) is 19.3 Å². The number of carbonyl (C=O) groups is 3.